The molecule has 0 aliphatic rings. The molecule has 0 spiro atoms. The van der Waals surface area contributed by atoms with E-state index >= 15 is 0 Å². The number of anilines is 2. The fourth-order valence-electron chi connectivity index (χ4n) is 1.14. The second kappa shape index (κ2) is 4.71. The van der Waals surface area contributed by atoms with E-state index in [0.717, 1.165) is 5.82 Å². The summed E-state index contributed by atoms with van der Waals surface area (Å²) >= 11 is 1.39. The van der Waals surface area contributed by atoms with Gasteiger partial charge >= 0.3 is 0 Å². The maximum Gasteiger partial charge on any atom is 0.275 e. The van der Waals surface area contributed by atoms with Crippen molar-refractivity contribution >= 4 is 28.7 Å². The van der Waals surface area contributed by atoms with Gasteiger partial charge in [0, 0.05) is 12.4 Å². The number of nitrogens with one attached hydrogen (secondary N) is 2. The third-order valence-electron chi connectivity index (χ3n) is 1.94. The number of carbonyl (C=O) groups excluding carboxylic acids is 1. The SMILES string of the molecule is CNc1ccc(NC(=O)c2cscn2)cn1. The summed E-state index contributed by atoms with van der Waals surface area (Å²) in [6, 6.07) is 3.57. The van der Waals surface area contributed by atoms with Crippen LogP contribution in [0.4, 0.5) is 11.5 Å². The van der Waals surface area contributed by atoms with Crippen LogP contribution in [0.1, 0.15) is 10.5 Å². The molecule has 0 aliphatic carbocycles. The van der Waals surface area contributed by atoms with Gasteiger partial charge in [-0.1, -0.05) is 0 Å². The van der Waals surface area contributed by atoms with E-state index in [1.807, 2.05) is 0 Å². The van der Waals surface area contributed by atoms with E-state index in [1.54, 1.807) is 36.3 Å². The Morgan fingerprint density at radius 2 is 2.25 bits per heavy atom. The van der Waals surface area contributed by atoms with Crippen molar-refractivity contribution in [1.29, 1.82) is 0 Å². The maximum atomic E-state index is 11.6. The molecule has 2 rings (SSSR count). The van der Waals surface area contributed by atoms with E-state index in [0.29, 0.717) is 11.4 Å². The average Bonchev–Trinajstić information content (AvgIpc) is 2.83. The second-order valence-corrected chi connectivity index (χ2v) is 3.73. The topological polar surface area (TPSA) is 66.9 Å². The first kappa shape index (κ1) is 10.6. The predicted octanol–water partition coefficient (Wildman–Crippen LogP) is 1.83. The van der Waals surface area contributed by atoms with Gasteiger partial charge in [-0.25, -0.2) is 9.97 Å². The van der Waals surface area contributed by atoms with Crippen molar-refractivity contribution in [3.63, 3.8) is 0 Å². The van der Waals surface area contributed by atoms with Gasteiger partial charge in [-0.2, -0.15) is 0 Å². The fourth-order valence-corrected chi connectivity index (χ4v) is 1.67. The van der Waals surface area contributed by atoms with Crippen LogP contribution < -0.4 is 10.6 Å². The van der Waals surface area contributed by atoms with Crippen molar-refractivity contribution in [2.45, 2.75) is 0 Å². The van der Waals surface area contributed by atoms with Crippen LogP contribution in [0.3, 0.4) is 0 Å². The van der Waals surface area contributed by atoms with E-state index in [2.05, 4.69) is 20.6 Å². The van der Waals surface area contributed by atoms with Crippen molar-refractivity contribution in [3.8, 4) is 0 Å². The fraction of sp³-hybridized carbons (Fsp3) is 0.100. The predicted molar refractivity (Wildman–Crippen MR) is 63.9 cm³/mol. The number of nitrogens with zero attached hydrogens (tertiary/aromatic N) is 2. The Morgan fingerprint density at radius 1 is 1.38 bits per heavy atom. The van der Waals surface area contributed by atoms with Crippen LogP contribution in [-0.4, -0.2) is 22.9 Å². The smallest absolute Gasteiger partial charge is 0.275 e. The number of hydrogen-bond donors (Lipinski definition) is 2. The molecule has 82 valence electrons. The van der Waals surface area contributed by atoms with E-state index in [-0.39, 0.29) is 5.91 Å². The van der Waals surface area contributed by atoms with Crippen LogP contribution in [-0.2, 0) is 0 Å². The Kier molecular flexibility index (Phi) is 3.11. The summed E-state index contributed by atoms with van der Waals surface area (Å²) in [5, 5.41) is 7.31. The van der Waals surface area contributed by atoms with E-state index in [4.69, 9.17) is 0 Å². The number of amides is 1. The molecule has 6 heteroatoms. The largest absolute Gasteiger partial charge is 0.373 e. The Balaban J connectivity index is 2.06. The molecule has 0 atom stereocenters. The molecule has 1 amide bonds. The zero-order chi connectivity index (χ0) is 11.4. The van der Waals surface area contributed by atoms with Crippen LogP contribution in [0, 0.1) is 0 Å². The van der Waals surface area contributed by atoms with E-state index in [1.165, 1.54) is 11.3 Å². The highest BCUT2D eigenvalue weighted by Gasteiger charge is 2.07. The van der Waals surface area contributed by atoms with Gasteiger partial charge < -0.3 is 10.6 Å². The number of hydrogen-bond acceptors (Lipinski definition) is 5. The first-order valence-corrected chi connectivity index (χ1v) is 5.57. The molecule has 0 fully saturated rings. The van der Waals surface area contributed by atoms with Gasteiger partial charge in [0.1, 0.15) is 11.5 Å². The van der Waals surface area contributed by atoms with Gasteiger partial charge in [0.15, 0.2) is 0 Å². The molecule has 0 saturated heterocycles. The molecular weight excluding hydrogens is 224 g/mol. The summed E-state index contributed by atoms with van der Waals surface area (Å²) in [4.78, 5) is 19.6. The number of thiazole rings is 1. The van der Waals surface area contributed by atoms with Crippen molar-refractivity contribution in [3.05, 3.63) is 34.9 Å². The Bertz CT molecular complexity index is 466. The lowest BCUT2D eigenvalue weighted by molar-refractivity contribution is 0.102. The molecule has 0 unspecified atom stereocenters. The summed E-state index contributed by atoms with van der Waals surface area (Å²) in [5.41, 5.74) is 2.69. The minimum atomic E-state index is -0.222. The lowest BCUT2D eigenvalue weighted by Crippen LogP contribution is -2.12. The molecule has 5 nitrogen and oxygen atoms in total. The maximum absolute atomic E-state index is 11.6. The molecule has 0 aromatic carbocycles. The number of rotatable bonds is 3. The number of aromatic nitrogens is 2. The minimum absolute atomic E-state index is 0.222. The zero-order valence-electron chi connectivity index (χ0n) is 8.60. The van der Waals surface area contributed by atoms with Gasteiger partial charge in [0.2, 0.25) is 0 Å². The molecule has 0 bridgehead atoms. The molecule has 2 aromatic heterocycles. The van der Waals surface area contributed by atoms with E-state index in [9.17, 15) is 4.79 Å². The normalized spacial score (nSPS) is 9.81. The third-order valence-corrected chi connectivity index (χ3v) is 2.53. The summed E-state index contributed by atoms with van der Waals surface area (Å²) < 4.78 is 0. The zero-order valence-corrected chi connectivity index (χ0v) is 9.41. The standard InChI is InChI=1S/C10H10N4OS/c1-11-9-3-2-7(4-12-9)14-10(15)8-5-16-6-13-8/h2-6H,1H3,(H,11,12)(H,14,15). The monoisotopic (exact) mass is 234 g/mol. The number of pyridine rings is 1. The van der Waals surface area contributed by atoms with Crippen LogP contribution in [0.15, 0.2) is 29.2 Å². The first-order valence-electron chi connectivity index (χ1n) is 4.63. The minimum Gasteiger partial charge on any atom is -0.373 e. The van der Waals surface area contributed by atoms with Crippen molar-refractivity contribution in [2.75, 3.05) is 17.7 Å². The highest BCUT2D eigenvalue weighted by atomic mass is 32.1. The highest BCUT2D eigenvalue weighted by Crippen LogP contribution is 2.10. The molecule has 0 saturated carbocycles. The van der Waals surface area contributed by atoms with Crippen molar-refractivity contribution < 1.29 is 4.79 Å². The summed E-state index contributed by atoms with van der Waals surface area (Å²) in [6.45, 7) is 0. The van der Waals surface area contributed by atoms with Crippen LogP contribution in [0.2, 0.25) is 0 Å². The highest BCUT2D eigenvalue weighted by molar-refractivity contribution is 7.07. The first-order chi connectivity index (χ1) is 7.79. The molecular formula is C10H10N4OS. The van der Waals surface area contributed by atoms with Gasteiger partial charge in [0.25, 0.3) is 5.91 Å². The summed E-state index contributed by atoms with van der Waals surface area (Å²) in [6.07, 6.45) is 1.59. The summed E-state index contributed by atoms with van der Waals surface area (Å²) in [5.74, 6) is 0.534. The van der Waals surface area contributed by atoms with Crippen LogP contribution in [0.25, 0.3) is 0 Å². The Hall–Kier alpha value is -1.95. The molecule has 2 aromatic rings. The third kappa shape index (κ3) is 2.34. The van der Waals surface area contributed by atoms with Gasteiger partial charge in [0.05, 0.1) is 17.4 Å². The van der Waals surface area contributed by atoms with Gasteiger partial charge in [-0.3, -0.25) is 4.79 Å². The summed E-state index contributed by atoms with van der Waals surface area (Å²) in [7, 11) is 1.79. The lowest BCUT2D eigenvalue weighted by atomic mass is 10.3. The van der Waals surface area contributed by atoms with E-state index < -0.39 is 0 Å². The molecule has 16 heavy (non-hydrogen) atoms. The molecule has 0 radical (unpaired) electrons. The lowest BCUT2D eigenvalue weighted by Gasteiger charge is -2.03. The Morgan fingerprint density at radius 3 is 2.81 bits per heavy atom. The van der Waals surface area contributed by atoms with Crippen LogP contribution >= 0.6 is 11.3 Å². The van der Waals surface area contributed by atoms with Gasteiger partial charge in [-0.15, -0.1) is 11.3 Å². The van der Waals surface area contributed by atoms with Crippen molar-refractivity contribution in [2.24, 2.45) is 0 Å². The number of carbonyl (C=O) groups is 1. The second-order valence-electron chi connectivity index (χ2n) is 3.01. The molecule has 2 heterocycles. The molecule has 2 N–H and O–H groups in total. The quantitative estimate of drug-likeness (QED) is 0.850. The molecule has 0 aliphatic heterocycles. The van der Waals surface area contributed by atoms with Crippen molar-refractivity contribution in [1.82, 2.24) is 9.97 Å². The van der Waals surface area contributed by atoms with Crippen LogP contribution in [0.5, 0.6) is 0 Å². The average molecular weight is 234 g/mol. The van der Waals surface area contributed by atoms with Gasteiger partial charge in [-0.05, 0) is 12.1 Å². The Labute approximate surface area is 96.6 Å².